The van der Waals surface area contributed by atoms with Crippen molar-refractivity contribution in [1.82, 2.24) is 10.6 Å². The highest BCUT2D eigenvalue weighted by molar-refractivity contribution is 5.97. The highest BCUT2D eigenvalue weighted by atomic mass is 16.4. The van der Waals surface area contributed by atoms with Crippen LogP contribution in [0.4, 0.5) is 5.69 Å². The fourth-order valence-corrected chi connectivity index (χ4v) is 3.08. The largest absolute Gasteiger partial charge is 0.481 e. The van der Waals surface area contributed by atoms with Crippen LogP contribution >= 0.6 is 0 Å². The third kappa shape index (κ3) is 6.92. The molecular weight excluding hydrogens is 378 g/mol. The van der Waals surface area contributed by atoms with Gasteiger partial charge in [-0.2, -0.15) is 0 Å². The van der Waals surface area contributed by atoms with Crippen molar-refractivity contribution in [3.05, 3.63) is 42.0 Å². The smallest absolute Gasteiger partial charge is 0.305 e. The van der Waals surface area contributed by atoms with Crippen molar-refractivity contribution in [3.63, 3.8) is 0 Å². The van der Waals surface area contributed by atoms with Crippen LogP contribution < -0.4 is 22.1 Å². The minimum atomic E-state index is -1.14. The predicted molar refractivity (Wildman–Crippen MR) is 106 cm³/mol. The number of carbonyl (C=O) groups is 3. The number of nitrogens with one attached hydrogen (secondary N) is 2. The Kier molecular flexibility index (Phi) is 7.72. The Balaban J connectivity index is 1.93. The number of benzene rings is 1. The second-order valence-corrected chi connectivity index (χ2v) is 6.74. The van der Waals surface area contributed by atoms with Crippen molar-refractivity contribution in [3.8, 4) is 0 Å². The van der Waals surface area contributed by atoms with Crippen molar-refractivity contribution >= 4 is 29.4 Å². The number of hydrogen-bond donors (Lipinski definition) is 6. The molecule has 1 aliphatic rings. The molecule has 8 N–H and O–H groups in total. The summed E-state index contributed by atoms with van der Waals surface area (Å²) in [7, 11) is 0. The summed E-state index contributed by atoms with van der Waals surface area (Å²) in [6, 6.07) is 5.23. The van der Waals surface area contributed by atoms with Gasteiger partial charge in [0.15, 0.2) is 5.96 Å². The molecule has 29 heavy (non-hydrogen) atoms. The Hall–Kier alpha value is -3.40. The lowest BCUT2D eigenvalue weighted by Crippen LogP contribution is -2.50. The van der Waals surface area contributed by atoms with Gasteiger partial charge in [-0.15, -0.1) is 0 Å². The van der Waals surface area contributed by atoms with Gasteiger partial charge >= 0.3 is 5.97 Å². The van der Waals surface area contributed by atoms with Crippen molar-refractivity contribution in [2.45, 2.75) is 31.4 Å². The van der Waals surface area contributed by atoms with Crippen LogP contribution in [0.3, 0.4) is 0 Å². The van der Waals surface area contributed by atoms with Gasteiger partial charge in [-0.05, 0) is 37.0 Å². The van der Waals surface area contributed by atoms with E-state index >= 15 is 0 Å². The second kappa shape index (κ2) is 10.2. The third-order valence-corrected chi connectivity index (χ3v) is 4.46. The molecule has 0 saturated heterocycles. The highest BCUT2D eigenvalue weighted by Crippen LogP contribution is 2.24. The van der Waals surface area contributed by atoms with Crippen molar-refractivity contribution in [1.29, 1.82) is 0 Å². The van der Waals surface area contributed by atoms with E-state index in [2.05, 4.69) is 15.6 Å². The summed E-state index contributed by atoms with van der Waals surface area (Å²) in [4.78, 5) is 39.4. The minimum Gasteiger partial charge on any atom is -0.481 e. The number of aliphatic hydroxyl groups excluding tert-OH is 1. The Labute approximate surface area is 167 Å². The summed E-state index contributed by atoms with van der Waals surface area (Å²) in [6.45, 7) is -0.378. The number of nitrogens with two attached hydrogens (primary N) is 2. The number of carbonyl (C=O) groups excluding carboxylic acids is 2. The van der Waals surface area contributed by atoms with Crippen LogP contribution in [0, 0.1) is 5.92 Å². The fraction of sp³-hybridized carbons (Fsp3) is 0.368. The van der Waals surface area contributed by atoms with E-state index in [-0.39, 0.29) is 24.0 Å². The van der Waals surface area contributed by atoms with E-state index in [0.717, 1.165) is 0 Å². The molecule has 0 saturated carbocycles. The van der Waals surface area contributed by atoms with Gasteiger partial charge in [-0.1, -0.05) is 18.2 Å². The van der Waals surface area contributed by atoms with Gasteiger partial charge in [0.1, 0.15) is 0 Å². The van der Waals surface area contributed by atoms with Gasteiger partial charge in [0.25, 0.3) is 5.91 Å². The first kappa shape index (κ1) is 21.9. The molecule has 0 fully saturated rings. The Morgan fingerprint density at radius 1 is 1.21 bits per heavy atom. The fourth-order valence-electron chi connectivity index (χ4n) is 3.08. The lowest BCUT2D eigenvalue weighted by atomic mass is 9.92. The lowest BCUT2D eigenvalue weighted by molar-refractivity contribution is -0.139. The molecular formula is C19H25N5O5. The van der Waals surface area contributed by atoms with E-state index in [9.17, 15) is 19.5 Å². The van der Waals surface area contributed by atoms with Crippen molar-refractivity contribution in [2.24, 2.45) is 22.4 Å². The predicted octanol–water partition coefficient (Wildman–Crippen LogP) is -0.392. The van der Waals surface area contributed by atoms with E-state index < -0.39 is 36.4 Å². The van der Waals surface area contributed by atoms with Crippen LogP contribution in [0.1, 0.15) is 29.6 Å². The molecule has 2 amide bonds. The highest BCUT2D eigenvalue weighted by Gasteiger charge is 2.31. The van der Waals surface area contributed by atoms with Gasteiger partial charge in [0.2, 0.25) is 5.91 Å². The Morgan fingerprint density at radius 2 is 1.90 bits per heavy atom. The zero-order chi connectivity index (χ0) is 21.4. The first-order chi connectivity index (χ1) is 13.8. The number of aliphatic carboxylic acids is 1. The van der Waals surface area contributed by atoms with E-state index in [1.807, 2.05) is 12.2 Å². The number of allylic oxidation sites excluding steroid dienone is 2. The molecule has 0 bridgehead atoms. The average molecular weight is 403 g/mol. The number of aliphatic imine (C=N–C) groups is 1. The number of carboxylic acid groups (broad SMARTS) is 1. The average Bonchev–Trinajstić information content (AvgIpc) is 3.19. The molecule has 10 heteroatoms. The molecule has 1 aromatic carbocycles. The standard InChI is InChI=1S/C19H25N5O5/c20-19(21)23-13-7-3-6-12(8-13)18(29)22-10-15(25)24-14(9-16(26)27)17(28)11-4-1-2-5-11/h1-3,6-8,11,14,17,28H,4-5,9-10H2,(H,22,29)(H,24,25)(H,26,27)(H4,20,21,23). The quantitative estimate of drug-likeness (QED) is 0.184. The summed E-state index contributed by atoms with van der Waals surface area (Å²) < 4.78 is 0. The van der Waals surface area contributed by atoms with Crippen LogP contribution in [0.25, 0.3) is 0 Å². The molecule has 0 radical (unpaired) electrons. The number of hydrogen-bond acceptors (Lipinski definition) is 5. The molecule has 0 aromatic heterocycles. The van der Waals surface area contributed by atoms with E-state index in [1.165, 1.54) is 12.1 Å². The molecule has 2 rings (SSSR count). The van der Waals surface area contributed by atoms with Crippen molar-refractivity contribution in [2.75, 3.05) is 6.54 Å². The molecule has 1 aliphatic carbocycles. The topological polar surface area (TPSA) is 180 Å². The number of carboxylic acids is 1. The zero-order valence-corrected chi connectivity index (χ0v) is 15.7. The molecule has 0 heterocycles. The number of aliphatic hydroxyl groups is 1. The van der Waals surface area contributed by atoms with Gasteiger partial charge in [-0.3, -0.25) is 14.4 Å². The molecule has 1 aromatic rings. The van der Waals surface area contributed by atoms with Crippen LogP contribution in [0.5, 0.6) is 0 Å². The SMILES string of the molecule is NC(N)=Nc1cccc(C(=O)NCC(=O)NC(CC(=O)O)C(O)C2CC=CC2)c1. The van der Waals surface area contributed by atoms with Crippen LogP contribution in [-0.2, 0) is 9.59 Å². The Bertz CT molecular complexity index is 811. The molecule has 156 valence electrons. The molecule has 0 spiro atoms. The Morgan fingerprint density at radius 3 is 2.52 bits per heavy atom. The minimum absolute atomic E-state index is 0.146. The summed E-state index contributed by atoms with van der Waals surface area (Å²) in [5.74, 6) is -2.56. The number of amides is 2. The van der Waals surface area contributed by atoms with Gasteiger partial charge in [0.05, 0.1) is 30.8 Å². The maximum Gasteiger partial charge on any atom is 0.305 e. The van der Waals surface area contributed by atoms with Gasteiger partial charge in [-0.25, -0.2) is 4.99 Å². The molecule has 2 atom stereocenters. The molecule has 0 aliphatic heterocycles. The normalized spacial score (nSPS) is 15.3. The summed E-state index contributed by atoms with van der Waals surface area (Å²) in [5, 5.41) is 24.4. The first-order valence-electron chi connectivity index (χ1n) is 9.08. The van der Waals surface area contributed by atoms with E-state index in [0.29, 0.717) is 18.5 Å². The number of rotatable bonds is 9. The van der Waals surface area contributed by atoms with E-state index in [1.54, 1.807) is 12.1 Å². The third-order valence-electron chi connectivity index (χ3n) is 4.46. The molecule has 2 unspecified atom stereocenters. The lowest BCUT2D eigenvalue weighted by Gasteiger charge is -2.27. The molecule has 10 nitrogen and oxygen atoms in total. The number of guanidine groups is 1. The maximum absolute atomic E-state index is 12.2. The first-order valence-corrected chi connectivity index (χ1v) is 9.08. The summed E-state index contributed by atoms with van der Waals surface area (Å²) >= 11 is 0. The summed E-state index contributed by atoms with van der Waals surface area (Å²) in [6.07, 6.45) is 3.63. The van der Waals surface area contributed by atoms with Crippen molar-refractivity contribution < 1.29 is 24.6 Å². The number of nitrogens with zero attached hydrogens (tertiary/aromatic N) is 1. The maximum atomic E-state index is 12.2. The van der Waals surface area contributed by atoms with Crippen LogP contribution in [0.15, 0.2) is 41.4 Å². The monoisotopic (exact) mass is 403 g/mol. The second-order valence-electron chi connectivity index (χ2n) is 6.74. The van der Waals surface area contributed by atoms with E-state index in [4.69, 9.17) is 16.6 Å². The van der Waals surface area contributed by atoms with Gasteiger partial charge < -0.3 is 32.3 Å². The zero-order valence-electron chi connectivity index (χ0n) is 15.7. The van der Waals surface area contributed by atoms with Gasteiger partial charge in [0, 0.05) is 5.56 Å². The van der Waals surface area contributed by atoms with Crippen LogP contribution in [0.2, 0.25) is 0 Å². The summed E-state index contributed by atoms with van der Waals surface area (Å²) in [5.41, 5.74) is 11.3. The van der Waals surface area contributed by atoms with Crippen LogP contribution in [-0.4, -0.2) is 52.6 Å².